The number of hydrogen-bond acceptors (Lipinski definition) is 5. The van der Waals surface area contributed by atoms with Crippen molar-refractivity contribution in [2.45, 2.75) is 6.43 Å². The predicted octanol–water partition coefficient (Wildman–Crippen LogP) is 1.71. The van der Waals surface area contributed by atoms with E-state index in [0.29, 0.717) is 6.07 Å². The van der Waals surface area contributed by atoms with Crippen LogP contribution in [0.4, 0.5) is 14.5 Å². The summed E-state index contributed by atoms with van der Waals surface area (Å²) >= 11 is 0. The minimum atomic E-state index is -3.04. The van der Waals surface area contributed by atoms with Gasteiger partial charge in [0.25, 0.3) is 12.1 Å². The number of halogens is 2. The molecule has 8 heteroatoms. The maximum Gasteiger partial charge on any atom is 0.357 e. The summed E-state index contributed by atoms with van der Waals surface area (Å²) in [5.41, 5.74) is -2.05. The zero-order chi connectivity index (χ0) is 12.3. The van der Waals surface area contributed by atoms with E-state index in [1.54, 1.807) is 0 Å². The van der Waals surface area contributed by atoms with Crippen LogP contribution in [0.3, 0.4) is 0 Å². The Morgan fingerprint density at radius 1 is 1.62 bits per heavy atom. The minimum Gasteiger partial charge on any atom is -0.464 e. The van der Waals surface area contributed by atoms with Gasteiger partial charge in [-0.2, -0.15) is 0 Å². The van der Waals surface area contributed by atoms with Crippen LogP contribution < -0.4 is 0 Å². The number of hydrogen-bond donors (Lipinski definition) is 0. The molecule has 1 rings (SSSR count). The summed E-state index contributed by atoms with van der Waals surface area (Å²) in [6.07, 6.45) is -2.32. The van der Waals surface area contributed by atoms with Gasteiger partial charge in [0.15, 0.2) is 5.69 Å². The van der Waals surface area contributed by atoms with Crippen molar-refractivity contribution < 1.29 is 23.2 Å². The molecule has 0 saturated heterocycles. The van der Waals surface area contributed by atoms with E-state index in [4.69, 9.17) is 0 Å². The Morgan fingerprint density at radius 3 is 2.69 bits per heavy atom. The fourth-order valence-electron chi connectivity index (χ4n) is 1.00. The highest BCUT2D eigenvalue weighted by atomic mass is 19.3. The van der Waals surface area contributed by atoms with E-state index in [2.05, 4.69) is 9.72 Å². The van der Waals surface area contributed by atoms with E-state index in [0.717, 1.165) is 13.3 Å². The van der Waals surface area contributed by atoms with Gasteiger partial charge in [-0.1, -0.05) is 0 Å². The second-order valence-corrected chi connectivity index (χ2v) is 2.68. The Balaban J connectivity index is 3.30. The number of methoxy groups -OCH3 is 1. The summed E-state index contributed by atoms with van der Waals surface area (Å²) in [5.74, 6) is -1.06. The van der Waals surface area contributed by atoms with E-state index < -0.39 is 34.3 Å². The third kappa shape index (κ3) is 2.27. The third-order valence-electron chi connectivity index (χ3n) is 1.73. The molecule has 1 aromatic heterocycles. The van der Waals surface area contributed by atoms with E-state index >= 15 is 0 Å². The Morgan fingerprint density at radius 2 is 2.25 bits per heavy atom. The maximum atomic E-state index is 12.5. The number of nitrogens with zero attached hydrogens (tertiary/aromatic N) is 2. The number of alkyl halides is 2. The molecule has 0 aliphatic heterocycles. The number of ether oxygens (including phenoxy) is 1. The van der Waals surface area contributed by atoms with Crippen LogP contribution in [0, 0.1) is 10.1 Å². The second kappa shape index (κ2) is 4.60. The smallest absolute Gasteiger partial charge is 0.357 e. The van der Waals surface area contributed by atoms with Crippen LogP contribution >= 0.6 is 0 Å². The number of aromatic nitrogens is 1. The molecule has 0 unspecified atom stereocenters. The Kier molecular flexibility index (Phi) is 3.44. The fraction of sp³-hybridized carbons (Fsp3) is 0.250. The van der Waals surface area contributed by atoms with Gasteiger partial charge in [-0.3, -0.25) is 10.1 Å². The van der Waals surface area contributed by atoms with Crippen molar-refractivity contribution in [3.8, 4) is 0 Å². The average molecular weight is 232 g/mol. The molecule has 0 radical (unpaired) electrons. The van der Waals surface area contributed by atoms with Gasteiger partial charge in [-0.05, 0) is 0 Å². The van der Waals surface area contributed by atoms with Gasteiger partial charge in [0, 0.05) is 6.07 Å². The van der Waals surface area contributed by atoms with Gasteiger partial charge in [-0.25, -0.2) is 18.6 Å². The van der Waals surface area contributed by atoms with Crippen molar-refractivity contribution in [1.82, 2.24) is 4.98 Å². The first-order valence-corrected chi connectivity index (χ1v) is 3.98. The summed E-state index contributed by atoms with van der Waals surface area (Å²) in [7, 11) is 1.00. The zero-order valence-corrected chi connectivity index (χ0v) is 8.02. The van der Waals surface area contributed by atoms with Gasteiger partial charge < -0.3 is 4.74 Å². The predicted molar refractivity (Wildman–Crippen MR) is 47.2 cm³/mol. The van der Waals surface area contributed by atoms with Crippen molar-refractivity contribution >= 4 is 11.7 Å². The molecular weight excluding hydrogens is 226 g/mol. The monoisotopic (exact) mass is 232 g/mol. The molecule has 1 aromatic rings. The lowest BCUT2D eigenvalue weighted by Crippen LogP contribution is -2.09. The summed E-state index contributed by atoms with van der Waals surface area (Å²) in [6.45, 7) is 0. The van der Waals surface area contributed by atoms with Crippen molar-refractivity contribution in [1.29, 1.82) is 0 Å². The Labute approximate surface area is 88.0 Å². The molecule has 0 aliphatic rings. The molecule has 0 aromatic carbocycles. The number of pyridine rings is 1. The lowest BCUT2D eigenvalue weighted by Gasteiger charge is -2.05. The first-order valence-electron chi connectivity index (χ1n) is 3.98. The summed E-state index contributed by atoms with van der Waals surface area (Å²) in [6, 6.07) is 0.601. The van der Waals surface area contributed by atoms with E-state index in [1.165, 1.54) is 0 Å². The van der Waals surface area contributed by atoms with E-state index in [9.17, 15) is 23.7 Å². The van der Waals surface area contributed by atoms with E-state index in [1.807, 2.05) is 0 Å². The van der Waals surface area contributed by atoms with Gasteiger partial charge in [-0.15, -0.1) is 0 Å². The van der Waals surface area contributed by atoms with Gasteiger partial charge >= 0.3 is 5.97 Å². The highest BCUT2D eigenvalue weighted by Gasteiger charge is 2.23. The minimum absolute atomic E-state index is 0.601. The lowest BCUT2D eigenvalue weighted by molar-refractivity contribution is -0.385. The van der Waals surface area contributed by atoms with Crippen LogP contribution in [-0.4, -0.2) is 23.0 Å². The molecule has 0 spiro atoms. The van der Waals surface area contributed by atoms with Gasteiger partial charge in [0.1, 0.15) is 6.20 Å². The highest BCUT2D eigenvalue weighted by molar-refractivity contribution is 5.89. The topological polar surface area (TPSA) is 82.3 Å². The zero-order valence-electron chi connectivity index (χ0n) is 8.02. The number of nitro groups is 1. The van der Waals surface area contributed by atoms with Crippen molar-refractivity contribution in [2.75, 3.05) is 7.11 Å². The SMILES string of the molecule is COC(=O)c1ncc([N+](=O)[O-])cc1C(F)F. The molecule has 0 bridgehead atoms. The van der Waals surface area contributed by atoms with Crippen LogP contribution in [0.1, 0.15) is 22.5 Å². The van der Waals surface area contributed by atoms with Crippen LogP contribution in [0.5, 0.6) is 0 Å². The molecule has 0 N–H and O–H groups in total. The molecule has 6 nitrogen and oxygen atoms in total. The van der Waals surface area contributed by atoms with Crippen LogP contribution in [-0.2, 0) is 4.74 Å². The normalized spacial score (nSPS) is 10.2. The van der Waals surface area contributed by atoms with Crippen LogP contribution in [0.2, 0.25) is 0 Å². The molecule has 0 aliphatic carbocycles. The summed E-state index contributed by atoms with van der Waals surface area (Å²) < 4.78 is 29.2. The molecule has 86 valence electrons. The number of rotatable bonds is 3. The molecule has 1 heterocycles. The number of carbonyl (C=O) groups excluding carboxylic acids is 1. The second-order valence-electron chi connectivity index (χ2n) is 2.68. The van der Waals surface area contributed by atoms with Crippen molar-refractivity contribution in [3.05, 3.63) is 33.6 Å². The first-order chi connectivity index (χ1) is 7.47. The third-order valence-corrected chi connectivity index (χ3v) is 1.73. The van der Waals surface area contributed by atoms with E-state index in [-0.39, 0.29) is 0 Å². The van der Waals surface area contributed by atoms with Crippen molar-refractivity contribution in [3.63, 3.8) is 0 Å². The Hall–Kier alpha value is -2.12. The Bertz CT molecular complexity index is 436. The molecule has 0 atom stereocenters. The maximum absolute atomic E-state index is 12.5. The molecule has 0 saturated carbocycles. The highest BCUT2D eigenvalue weighted by Crippen LogP contribution is 2.25. The molecule has 0 fully saturated rings. The summed E-state index contributed by atoms with van der Waals surface area (Å²) in [4.78, 5) is 23.8. The first kappa shape index (κ1) is 12.0. The van der Waals surface area contributed by atoms with Gasteiger partial charge in [0.05, 0.1) is 17.6 Å². The van der Waals surface area contributed by atoms with Gasteiger partial charge in [0.2, 0.25) is 0 Å². The fourth-order valence-corrected chi connectivity index (χ4v) is 1.00. The molecule has 16 heavy (non-hydrogen) atoms. The molecule has 0 amide bonds. The van der Waals surface area contributed by atoms with Crippen LogP contribution in [0.25, 0.3) is 0 Å². The number of carbonyl (C=O) groups is 1. The number of esters is 1. The van der Waals surface area contributed by atoms with Crippen LogP contribution in [0.15, 0.2) is 12.3 Å². The standard InChI is InChI=1S/C8H6F2N2O4/c1-16-8(13)6-5(7(9)10)2-4(3-11-6)12(14)15/h2-3,7H,1H3. The average Bonchev–Trinajstić information content (AvgIpc) is 2.26. The quantitative estimate of drug-likeness (QED) is 0.450. The molecular formula is C8H6F2N2O4. The lowest BCUT2D eigenvalue weighted by atomic mass is 10.2. The largest absolute Gasteiger partial charge is 0.464 e. The van der Waals surface area contributed by atoms with Crippen molar-refractivity contribution in [2.24, 2.45) is 0 Å². The summed E-state index contributed by atoms with van der Waals surface area (Å²) in [5, 5.41) is 10.3.